The lowest BCUT2D eigenvalue weighted by Gasteiger charge is -2.36. The van der Waals surface area contributed by atoms with Crippen molar-refractivity contribution < 1.29 is 14.3 Å². The van der Waals surface area contributed by atoms with Crippen LogP contribution < -0.4 is 0 Å². The number of esters is 1. The van der Waals surface area contributed by atoms with Crippen molar-refractivity contribution in [1.29, 1.82) is 0 Å². The molecule has 4 heteroatoms. The molecule has 1 atom stereocenters. The summed E-state index contributed by atoms with van der Waals surface area (Å²) in [5, 5.41) is 0. The first kappa shape index (κ1) is 16.5. The van der Waals surface area contributed by atoms with Gasteiger partial charge in [-0.2, -0.15) is 0 Å². The molecule has 0 N–H and O–H groups in total. The molecule has 1 saturated carbocycles. The van der Waals surface area contributed by atoms with Crippen LogP contribution in [0.3, 0.4) is 0 Å². The van der Waals surface area contributed by atoms with E-state index >= 15 is 0 Å². The van der Waals surface area contributed by atoms with Crippen molar-refractivity contribution in [1.82, 2.24) is 0 Å². The number of fused-ring (bicyclic) bond motifs is 1. The van der Waals surface area contributed by atoms with Crippen LogP contribution >= 0.6 is 0 Å². The van der Waals surface area contributed by atoms with Crippen LogP contribution in [0.5, 0.6) is 0 Å². The van der Waals surface area contributed by atoms with Gasteiger partial charge in [-0.25, -0.2) is 9.79 Å². The number of rotatable bonds is 3. The van der Waals surface area contributed by atoms with Gasteiger partial charge < -0.3 is 9.47 Å². The Kier molecular flexibility index (Phi) is 3.59. The van der Waals surface area contributed by atoms with Crippen LogP contribution in [0.1, 0.15) is 36.8 Å². The Balaban J connectivity index is 1.81. The van der Waals surface area contributed by atoms with Crippen molar-refractivity contribution in [3.63, 3.8) is 0 Å². The molecule has 3 aliphatic rings. The summed E-state index contributed by atoms with van der Waals surface area (Å²) >= 11 is 0. The minimum Gasteiger partial charge on any atom is -0.451 e. The van der Waals surface area contributed by atoms with Crippen molar-refractivity contribution in [2.75, 3.05) is 7.11 Å². The molecule has 136 valence electrons. The van der Waals surface area contributed by atoms with E-state index in [2.05, 4.69) is 0 Å². The highest BCUT2D eigenvalue weighted by Crippen LogP contribution is 2.57. The van der Waals surface area contributed by atoms with Crippen molar-refractivity contribution in [2.24, 2.45) is 4.99 Å². The van der Waals surface area contributed by atoms with Gasteiger partial charge in [0, 0.05) is 23.8 Å². The molecule has 5 rings (SSSR count). The van der Waals surface area contributed by atoms with Crippen LogP contribution in [0.15, 0.2) is 76.8 Å². The molecule has 0 radical (unpaired) electrons. The zero-order valence-corrected chi connectivity index (χ0v) is 15.3. The van der Waals surface area contributed by atoms with Gasteiger partial charge in [-0.3, -0.25) is 0 Å². The van der Waals surface area contributed by atoms with Crippen molar-refractivity contribution in [3.05, 3.63) is 82.9 Å². The summed E-state index contributed by atoms with van der Waals surface area (Å²) < 4.78 is 12.1. The van der Waals surface area contributed by atoms with Gasteiger partial charge in [-0.05, 0) is 25.7 Å². The Morgan fingerprint density at radius 1 is 0.963 bits per heavy atom. The van der Waals surface area contributed by atoms with Crippen LogP contribution in [0.2, 0.25) is 0 Å². The first-order valence-electron chi connectivity index (χ1n) is 9.45. The highest BCUT2D eigenvalue weighted by molar-refractivity contribution is 6.30. The van der Waals surface area contributed by atoms with E-state index in [9.17, 15) is 4.79 Å². The fourth-order valence-electron chi connectivity index (χ4n) is 4.81. The molecule has 2 aromatic carbocycles. The number of hydrogen-bond donors (Lipinski definition) is 0. The highest BCUT2D eigenvalue weighted by Gasteiger charge is 2.62. The number of aliphatic imine (C=N–C) groups is 1. The molecule has 27 heavy (non-hydrogen) atoms. The van der Waals surface area contributed by atoms with Crippen molar-refractivity contribution in [3.8, 4) is 0 Å². The van der Waals surface area contributed by atoms with E-state index in [1.165, 1.54) is 0 Å². The first-order valence-corrected chi connectivity index (χ1v) is 9.45. The second-order valence-corrected chi connectivity index (χ2v) is 7.38. The molecule has 0 saturated heterocycles. The number of carbonyl (C=O) groups excluding carboxylic acids is 1. The lowest BCUT2D eigenvalue weighted by molar-refractivity contribution is -0.147. The maximum absolute atomic E-state index is 13.0. The van der Waals surface area contributed by atoms with Crippen LogP contribution in [0.4, 0.5) is 0 Å². The summed E-state index contributed by atoms with van der Waals surface area (Å²) in [7, 11) is 1.67. The monoisotopic (exact) mass is 359 g/mol. The summed E-state index contributed by atoms with van der Waals surface area (Å²) in [6, 6.07) is 19.8. The lowest BCUT2D eigenvalue weighted by Crippen LogP contribution is -2.40. The third-order valence-electron chi connectivity index (χ3n) is 5.96. The SMILES string of the molecule is CO[C@@]1(c2ccccc2)N=C(c2ccccc2)C2=C1C1(CCCC1)OC2=O. The van der Waals surface area contributed by atoms with Gasteiger partial charge in [0.25, 0.3) is 0 Å². The van der Waals surface area contributed by atoms with Gasteiger partial charge in [-0.15, -0.1) is 0 Å². The minimum absolute atomic E-state index is 0.274. The Labute approximate surface area is 158 Å². The van der Waals surface area contributed by atoms with Gasteiger partial charge in [0.1, 0.15) is 5.60 Å². The van der Waals surface area contributed by atoms with Crippen LogP contribution in [0.25, 0.3) is 0 Å². The van der Waals surface area contributed by atoms with E-state index in [4.69, 9.17) is 14.5 Å². The van der Waals surface area contributed by atoms with Gasteiger partial charge in [-0.1, -0.05) is 60.7 Å². The Hall–Kier alpha value is -2.72. The summed E-state index contributed by atoms with van der Waals surface area (Å²) in [6.07, 6.45) is 3.73. The lowest BCUT2D eigenvalue weighted by atomic mass is 9.80. The molecular weight excluding hydrogens is 338 g/mol. The van der Waals surface area contributed by atoms with Gasteiger partial charge in [0.05, 0.1) is 11.3 Å². The zero-order chi connectivity index (χ0) is 18.5. The quantitative estimate of drug-likeness (QED) is 0.774. The van der Waals surface area contributed by atoms with Crippen molar-refractivity contribution in [2.45, 2.75) is 37.0 Å². The average Bonchev–Trinajstić information content (AvgIpc) is 3.40. The molecule has 2 heterocycles. The fraction of sp³-hybridized carbons (Fsp3) is 0.304. The number of ether oxygens (including phenoxy) is 2. The Bertz CT molecular complexity index is 956. The third kappa shape index (κ3) is 2.20. The van der Waals surface area contributed by atoms with E-state index in [0.29, 0.717) is 11.3 Å². The van der Waals surface area contributed by atoms with E-state index < -0.39 is 11.3 Å². The molecule has 2 aromatic rings. The van der Waals surface area contributed by atoms with Crippen LogP contribution in [-0.4, -0.2) is 24.4 Å². The second-order valence-electron chi connectivity index (χ2n) is 7.38. The summed E-state index contributed by atoms with van der Waals surface area (Å²) in [6.45, 7) is 0. The molecule has 0 unspecified atom stereocenters. The Morgan fingerprint density at radius 3 is 2.22 bits per heavy atom. The molecule has 1 aliphatic carbocycles. The molecular formula is C23H21NO3. The van der Waals surface area contributed by atoms with Gasteiger partial charge in [0.2, 0.25) is 5.72 Å². The minimum atomic E-state index is -1.02. The average molecular weight is 359 g/mol. The Morgan fingerprint density at radius 2 is 1.59 bits per heavy atom. The van der Waals surface area contributed by atoms with Crippen LogP contribution in [0, 0.1) is 0 Å². The highest BCUT2D eigenvalue weighted by atomic mass is 16.6. The van der Waals surface area contributed by atoms with Gasteiger partial charge >= 0.3 is 5.97 Å². The fourth-order valence-corrected chi connectivity index (χ4v) is 4.81. The topological polar surface area (TPSA) is 47.9 Å². The zero-order valence-electron chi connectivity index (χ0n) is 15.3. The maximum Gasteiger partial charge on any atom is 0.341 e. The van der Waals surface area contributed by atoms with E-state index in [1.807, 2.05) is 60.7 Å². The number of nitrogens with zero attached hydrogens (tertiary/aromatic N) is 1. The predicted octanol–water partition coefficient (Wildman–Crippen LogP) is 4.15. The smallest absolute Gasteiger partial charge is 0.341 e. The largest absolute Gasteiger partial charge is 0.451 e. The molecule has 1 fully saturated rings. The number of methoxy groups -OCH3 is 1. The summed E-state index contributed by atoms with van der Waals surface area (Å²) in [5.41, 5.74) is 2.38. The predicted molar refractivity (Wildman–Crippen MR) is 102 cm³/mol. The number of carbonyl (C=O) groups is 1. The second kappa shape index (κ2) is 5.89. The van der Waals surface area contributed by atoms with Crippen LogP contribution in [-0.2, 0) is 20.0 Å². The molecule has 0 amide bonds. The third-order valence-corrected chi connectivity index (χ3v) is 5.96. The van der Waals surface area contributed by atoms with E-state index in [-0.39, 0.29) is 5.97 Å². The summed E-state index contributed by atoms with van der Waals surface area (Å²) in [5.74, 6) is -0.274. The van der Waals surface area contributed by atoms with Gasteiger partial charge in [0.15, 0.2) is 0 Å². The normalized spacial score (nSPS) is 25.7. The van der Waals surface area contributed by atoms with E-state index in [1.54, 1.807) is 7.11 Å². The van der Waals surface area contributed by atoms with Crippen molar-refractivity contribution >= 4 is 11.7 Å². The standard InChI is InChI=1S/C23H21NO3/c1-26-23(17-12-6-3-7-13-17)20-18(19(24-23)16-10-4-2-5-11-16)21(25)27-22(20)14-8-9-15-22/h2-7,10-13H,8-9,14-15H2,1H3/t23-/m1/s1. The maximum atomic E-state index is 13.0. The molecule has 0 aromatic heterocycles. The number of benzene rings is 2. The molecule has 0 bridgehead atoms. The first-order chi connectivity index (χ1) is 13.2. The molecule has 1 spiro atoms. The molecule has 4 nitrogen and oxygen atoms in total. The van der Waals surface area contributed by atoms with E-state index in [0.717, 1.165) is 42.4 Å². The molecule has 2 aliphatic heterocycles. The summed E-state index contributed by atoms with van der Waals surface area (Å²) in [4.78, 5) is 18.1. The number of hydrogen-bond acceptors (Lipinski definition) is 4.